The molecule has 0 saturated carbocycles. The molecule has 0 radical (unpaired) electrons. The van der Waals surface area contributed by atoms with Gasteiger partial charge in [0.25, 0.3) is 0 Å². The molecule has 10 nitrogen and oxygen atoms in total. The Hall–Kier alpha value is -1.85. The van der Waals surface area contributed by atoms with Crippen LogP contribution in [-0.4, -0.2) is 71.5 Å². The highest BCUT2D eigenvalue weighted by atomic mass is 32.2. The van der Waals surface area contributed by atoms with Gasteiger partial charge in [0.2, 0.25) is 17.7 Å². The molecule has 0 spiro atoms. The van der Waals surface area contributed by atoms with E-state index in [4.69, 9.17) is 11.5 Å². The third kappa shape index (κ3) is 10.8. The monoisotopic (exact) mass is 447 g/mol. The van der Waals surface area contributed by atoms with Gasteiger partial charge in [-0.2, -0.15) is 11.8 Å². The fraction of sp³-hybridized carbons (Fsp3) is 0.789. The normalized spacial score (nSPS) is 15.0. The van der Waals surface area contributed by atoms with Gasteiger partial charge in [0.05, 0.1) is 6.04 Å². The zero-order chi connectivity index (χ0) is 23.3. The number of nitrogens with one attached hydrogen (secondary N) is 3. The van der Waals surface area contributed by atoms with Crippen LogP contribution in [0.25, 0.3) is 0 Å². The molecule has 8 N–H and O–H groups in total. The number of carbonyl (C=O) groups is 4. The number of unbranched alkanes of at least 4 members (excludes halogenated alkanes) is 1. The Morgan fingerprint density at radius 2 is 1.50 bits per heavy atom. The molecule has 0 aromatic carbocycles. The summed E-state index contributed by atoms with van der Waals surface area (Å²) >= 11 is 1.48. The van der Waals surface area contributed by atoms with Crippen LogP contribution in [0.1, 0.15) is 46.5 Å². The highest BCUT2D eigenvalue weighted by molar-refractivity contribution is 7.98. The second-order valence-electron chi connectivity index (χ2n) is 7.53. The lowest BCUT2D eigenvalue weighted by atomic mass is 10.0. The largest absolute Gasteiger partial charge is 0.480 e. The minimum atomic E-state index is -1.13. The standard InChI is InChI=1S/C19H37N5O5S/c1-11(2)15(21)18(27)22-12(3)16(25)23-13(7-5-6-9-20)17(26)24-14(19(28)29)8-10-30-4/h11-15H,5-10,20-21H2,1-4H3,(H,22,27)(H,23,25)(H,24,26)(H,28,29). The number of hydrogen-bond donors (Lipinski definition) is 6. The van der Waals surface area contributed by atoms with E-state index in [1.807, 2.05) is 6.26 Å². The summed E-state index contributed by atoms with van der Waals surface area (Å²) in [6.45, 7) is 5.52. The first kappa shape index (κ1) is 28.1. The Bertz CT molecular complexity index is 576. The quantitative estimate of drug-likeness (QED) is 0.180. The maximum Gasteiger partial charge on any atom is 0.326 e. The Morgan fingerprint density at radius 3 is 2.00 bits per heavy atom. The van der Waals surface area contributed by atoms with E-state index in [0.29, 0.717) is 31.6 Å². The highest BCUT2D eigenvalue weighted by Crippen LogP contribution is 2.06. The van der Waals surface area contributed by atoms with Crippen molar-refractivity contribution in [2.45, 2.75) is 70.6 Å². The van der Waals surface area contributed by atoms with Crippen molar-refractivity contribution in [3.05, 3.63) is 0 Å². The zero-order valence-electron chi connectivity index (χ0n) is 18.3. The van der Waals surface area contributed by atoms with E-state index in [2.05, 4.69) is 16.0 Å². The second kappa shape index (κ2) is 15.0. The number of thioether (sulfide) groups is 1. The van der Waals surface area contributed by atoms with Crippen molar-refractivity contribution in [1.82, 2.24) is 16.0 Å². The number of amides is 3. The molecule has 0 heterocycles. The van der Waals surface area contributed by atoms with Gasteiger partial charge in [-0.1, -0.05) is 13.8 Å². The van der Waals surface area contributed by atoms with Crippen LogP contribution in [0.2, 0.25) is 0 Å². The van der Waals surface area contributed by atoms with E-state index in [0.717, 1.165) is 0 Å². The number of rotatable bonds is 15. The molecule has 30 heavy (non-hydrogen) atoms. The SMILES string of the molecule is CSCCC(NC(=O)C(CCCCN)NC(=O)C(C)NC(=O)C(N)C(C)C)C(=O)O. The van der Waals surface area contributed by atoms with Crippen molar-refractivity contribution in [3.8, 4) is 0 Å². The molecule has 4 unspecified atom stereocenters. The molecule has 0 saturated heterocycles. The van der Waals surface area contributed by atoms with Crippen molar-refractivity contribution in [1.29, 1.82) is 0 Å². The van der Waals surface area contributed by atoms with E-state index in [9.17, 15) is 24.3 Å². The van der Waals surface area contributed by atoms with Crippen molar-refractivity contribution in [2.24, 2.45) is 17.4 Å². The molecule has 0 aromatic rings. The number of carboxylic acid groups (broad SMARTS) is 1. The summed E-state index contributed by atoms with van der Waals surface area (Å²) in [7, 11) is 0. The third-order valence-corrected chi connectivity index (χ3v) is 5.22. The summed E-state index contributed by atoms with van der Waals surface area (Å²) in [5.74, 6) is -2.24. The lowest BCUT2D eigenvalue weighted by Gasteiger charge is -2.24. The summed E-state index contributed by atoms with van der Waals surface area (Å²) in [5, 5.41) is 17.0. The smallest absolute Gasteiger partial charge is 0.326 e. The lowest BCUT2D eigenvalue weighted by molar-refractivity contribution is -0.142. The van der Waals surface area contributed by atoms with Gasteiger partial charge in [0.15, 0.2) is 0 Å². The predicted octanol–water partition coefficient (Wildman–Crippen LogP) is -0.589. The van der Waals surface area contributed by atoms with Crippen LogP contribution in [0, 0.1) is 5.92 Å². The molecule has 0 rings (SSSR count). The molecule has 0 fully saturated rings. The number of aliphatic carboxylic acids is 1. The summed E-state index contributed by atoms with van der Waals surface area (Å²) in [5.41, 5.74) is 11.3. The van der Waals surface area contributed by atoms with Crippen LogP contribution in [0.3, 0.4) is 0 Å². The number of nitrogens with two attached hydrogens (primary N) is 2. The van der Waals surface area contributed by atoms with Crippen LogP contribution < -0.4 is 27.4 Å². The fourth-order valence-corrected chi connectivity index (χ4v) is 2.97. The molecule has 0 aromatic heterocycles. The fourth-order valence-electron chi connectivity index (χ4n) is 2.50. The van der Waals surface area contributed by atoms with Crippen LogP contribution >= 0.6 is 11.8 Å². The molecule has 4 atom stereocenters. The van der Waals surface area contributed by atoms with E-state index in [1.165, 1.54) is 18.7 Å². The molecular weight excluding hydrogens is 410 g/mol. The minimum absolute atomic E-state index is 0.0933. The van der Waals surface area contributed by atoms with Crippen LogP contribution in [0.5, 0.6) is 0 Å². The van der Waals surface area contributed by atoms with Crippen LogP contribution in [0.4, 0.5) is 0 Å². The molecule has 11 heteroatoms. The highest BCUT2D eigenvalue weighted by Gasteiger charge is 2.28. The van der Waals surface area contributed by atoms with Gasteiger partial charge >= 0.3 is 5.97 Å². The average Bonchev–Trinajstić information content (AvgIpc) is 2.68. The summed E-state index contributed by atoms with van der Waals surface area (Å²) in [6.07, 6.45) is 3.65. The topological polar surface area (TPSA) is 177 Å². The molecule has 0 aliphatic carbocycles. The van der Waals surface area contributed by atoms with Crippen LogP contribution in [0.15, 0.2) is 0 Å². The van der Waals surface area contributed by atoms with Crippen molar-refractivity contribution < 1.29 is 24.3 Å². The van der Waals surface area contributed by atoms with Gasteiger partial charge in [-0.3, -0.25) is 14.4 Å². The molecular formula is C19H37N5O5S. The van der Waals surface area contributed by atoms with Crippen molar-refractivity contribution in [3.63, 3.8) is 0 Å². The molecule has 0 aliphatic rings. The summed E-state index contributed by atoms with van der Waals surface area (Å²) < 4.78 is 0. The molecule has 0 aliphatic heterocycles. The first-order valence-corrected chi connectivity index (χ1v) is 11.5. The second-order valence-corrected chi connectivity index (χ2v) is 8.51. The Kier molecular flexibility index (Phi) is 14.1. The van der Waals surface area contributed by atoms with E-state index < -0.39 is 47.9 Å². The maximum atomic E-state index is 12.7. The first-order chi connectivity index (χ1) is 14.0. The Morgan fingerprint density at radius 1 is 0.900 bits per heavy atom. The van der Waals surface area contributed by atoms with Gasteiger partial charge in [-0.05, 0) is 57.1 Å². The van der Waals surface area contributed by atoms with Crippen molar-refractivity contribution >= 4 is 35.5 Å². The molecule has 0 bridgehead atoms. The summed E-state index contributed by atoms with van der Waals surface area (Å²) in [6, 6.07) is -3.63. The number of hydrogen-bond acceptors (Lipinski definition) is 7. The van der Waals surface area contributed by atoms with E-state index in [-0.39, 0.29) is 12.3 Å². The van der Waals surface area contributed by atoms with E-state index in [1.54, 1.807) is 13.8 Å². The predicted molar refractivity (Wildman–Crippen MR) is 118 cm³/mol. The van der Waals surface area contributed by atoms with Gasteiger partial charge in [-0.25, -0.2) is 4.79 Å². The maximum absolute atomic E-state index is 12.7. The molecule has 3 amide bonds. The third-order valence-electron chi connectivity index (χ3n) is 4.58. The van der Waals surface area contributed by atoms with Gasteiger partial charge < -0.3 is 32.5 Å². The Labute approximate surface area is 182 Å². The van der Waals surface area contributed by atoms with Crippen molar-refractivity contribution in [2.75, 3.05) is 18.6 Å². The zero-order valence-corrected chi connectivity index (χ0v) is 19.1. The molecule has 174 valence electrons. The van der Waals surface area contributed by atoms with Gasteiger partial charge in [0.1, 0.15) is 18.1 Å². The number of carbonyl (C=O) groups excluding carboxylic acids is 3. The Balaban J connectivity index is 5.09. The van der Waals surface area contributed by atoms with E-state index >= 15 is 0 Å². The van der Waals surface area contributed by atoms with Gasteiger partial charge in [-0.15, -0.1) is 0 Å². The minimum Gasteiger partial charge on any atom is -0.480 e. The first-order valence-electron chi connectivity index (χ1n) is 10.1. The summed E-state index contributed by atoms with van der Waals surface area (Å²) in [4.78, 5) is 48.7. The number of carboxylic acids is 1. The lowest BCUT2D eigenvalue weighted by Crippen LogP contribution is -2.56. The average molecular weight is 448 g/mol. The van der Waals surface area contributed by atoms with Gasteiger partial charge in [0, 0.05) is 0 Å². The van der Waals surface area contributed by atoms with Crippen LogP contribution in [-0.2, 0) is 19.2 Å².